The first kappa shape index (κ1) is 12.0. The third-order valence-electron chi connectivity index (χ3n) is 3.05. The summed E-state index contributed by atoms with van der Waals surface area (Å²) in [7, 11) is 1.76. The highest BCUT2D eigenvalue weighted by Crippen LogP contribution is 2.25. The van der Waals surface area contributed by atoms with Crippen molar-refractivity contribution in [2.45, 2.75) is 25.7 Å². The molecule has 1 aliphatic carbocycles. The number of methoxy groups -OCH3 is 1. The zero-order chi connectivity index (χ0) is 10.2. The minimum Gasteiger partial charge on any atom is -0.383 e. The molecule has 2 N–H and O–H groups in total. The Morgan fingerprint density at radius 1 is 1.29 bits per heavy atom. The predicted molar refractivity (Wildman–Crippen MR) is 59.3 cm³/mol. The van der Waals surface area contributed by atoms with Gasteiger partial charge in [-0.25, -0.2) is 0 Å². The summed E-state index contributed by atoms with van der Waals surface area (Å²) >= 11 is 0. The van der Waals surface area contributed by atoms with Gasteiger partial charge in [-0.15, -0.1) is 0 Å². The SMILES string of the molecule is COCCN(CCN)CC1CCCC1. The zero-order valence-corrected chi connectivity index (χ0v) is 9.37. The van der Waals surface area contributed by atoms with Crippen molar-refractivity contribution < 1.29 is 4.74 Å². The quantitative estimate of drug-likeness (QED) is 0.668. The Kier molecular flexibility index (Phi) is 6.15. The summed E-state index contributed by atoms with van der Waals surface area (Å²) in [5.41, 5.74) is 5.59. The lowest BCUT2D eigenvalue weighted by molar-refractivity contribution is 0.139. The first-order chi connectivity index (χ1) is 6.86. The Morgan fingerprint density at radius 3 is 2.57 bits per heavy atom. The average molecular weight is 200 g/mol. The molecule has 1 fully saturated rings. The third kappa shape index (κ3) is 4.40. The summed E-state index contributed by atoms with van der Waals surface area (Å²) in [5.74, 6) is 0.915. The molecule has 1 saturated carbocycles. The fourth-order valence-electron chi connectivity index (χ4n) is 2.26. The highest BCUT2D eigenvalue weighted by molar-refractivity contribution is 4.72. The van der Waals surface area contributed by atoms with E-state index in [9.17, 15) is 0 Å². The van der Waals surface area contributed by atoms with Gasteiger partial charge in [0.1, 0.15) is 0 Å². The van der Waals surface area contributed by atoms with Crippen molar-refractivity contribution in [3.63, 3.8) is 0 Å². The van der Waals surface area contributed by atoms with E-state index in [0.717, 1.165) is 32.2 Å². The van der Waals surface area contributed by atoms with E-state index in [1.165, 1.54) is 32.2 Å². The van der Waals surface area contributed by atoms with Gasteiger partial charge in [0.15, 0.2) is 0 Å². The summed E-state index contributed by atoms with van der Waals surface area (Å²) < 4.78 is 5.10. The predicted octanol–water partition coefficient (Wildman–Crippen LogP) is 1.08. The monoisotopic (exact) mass is 200 g/mol. The molecule has 1 aliphatic rings. The topological polar surface area (TPSA) is 38.5 Å². The first-order valence-corrected chi connectivity index (χ1v) is 5.78. The molecule has 84 valence electrons. The van der Waals surface area contributed by atoms with Crippen LogP contribution in [0.3, 0.4) is 0 Å². The van der Waals surface area contributed by atoms with E-state index in [2.05, 4.69) is 4.90 Å². The van der Waals surface area contributed by atoms with Gasteiger partial charge < -0.3 is 10.5 Å². The molecule has 0 unspecified atom stereocenters. The lowest BCUT2D eigenvalue weighted by atomic mass is 10.1. The maximum Gasteiger partial charge on any atom is 0.0589 e. The van der Waals surface area contributed by atoms with Crippen LogP contribution in [0.5, 0.6) is 0 Å². The summed E-state index contributed by atoms with van der Waals surface area (Å²) in [6.07, 6.45) is 5.67. The van der Waals surface area contributed by atoms with Crippen molar-refractivity contribution in [1.82, 2.24) is 4.90 Å². The van der Waals surface area contributed by atoms with Gasteiger partial charge in [0.05, 0.1) is 6.61 Å². The van der Waals surface area contributed by atoms with Crippen LogP contribution >= 0.6 is 0 Å². The standard InChI is InChI=1S/C11H24N2O/c1-14-9-8-13(7-6-12)10-11-4-2-3-5-11/h11H,2-10,12H2,1H3. The molecule has 0 atom stereocenters. The second-order valence-electron chi connectivity index (χ2n) is 4.23. The van der Waals surface area contributed by atoms with E-state index in [1.54, 1.807) is 7.11 Å². The van der Waals surface area contributed by atoms with Crippen LogP contribution in [0.15, 0.2) is 0 Å². The van der Waals surface area contributed by atoms with E-state index < -0.39 is 0 Å². The average Bonchev–Trinajstić information content (AvgIpc) is 2.67. The molecule has 1 rings (SSSR count). The Hall–Kier alpha value is -0.120. The van der Waals surface area contributed by atoms with Gasteiger partial charge in [0, 0.05) is 33.3 Å². The van der Waals surface area contributed by atoms with Crippen LogP contribution in [0.4, 0.5) is 0 Å². The van der Waals surface area contributed by atoms with Crippen molar-refractivity contribution in [2.24, 2.45) is 11.7 Å². The summed E-state index contributed by atoms with van der Waals surface area (Å²) in [5, 5.41) is 0. The van der Waals surface area contributed by atoms with Crippen molar-refractivity contribution in [1.29, 1.82) is 0 Å². The maximum atomic E-state index is 5.59. The molecule has 0 bridgehead atoms. The molecule has 0 aromatic rings. The molecule has 0 aliphatic heterocycles. The van der Waals surface area contributed by atoms with Crippen molar-refractivity contribution >= 4 is 0 Å². The smallest absolute Gasteiger partial charge is 0.0589 e. The number of ether oxygens (including phenoxy) is 1. The van der Waals surface area contributed by atoms with Crippen LogP contribution in [0, 0.1) is 5.92 Å². The molecule has 0 saturated heterocycles. The van der Waals surface area contributed by atoms with Crippen LogP contribution in [0.2, 0.25) is 0 Å². The van der Waals surface area contributed by atoms with E-state index >= 15 is 0 Å². The van der Waals surface area contributed by atoms with Gasteiger partial charge in [-0.1, -0.05) is 12.8 Å². The van der Waals surface area contributed by atoms with E-state index in [0.29, 0.717) is 0 Å². The third-order valence-corrected chi connectivity index (χ3v) is 3.05. The molecule has 0 aromatic heterocycles. The molecule has 0 spiro atoms. The second kappa shape index (κ2) is 7.21. The molecule has 0 radical (unpaired) electrons. The summed E-state index contributed by atoms with van der Waals surface area (Å²) in [6.45, 7) is 4.85. The number of hydrogen-bond acceptors (Lipinski definition) is 3. The molecule has 0 amide bonds. The highest BCUT2D eigenvalue weighted by atomic mass is 16.5. The number of hydrogen-bond donors (Lipinski definition) is 1. The Balaban J connectivity index is 2.18. The Morgan fingerprint density at radius 2 is 2.00 bits per heavy atom. The Bertz CT molecular complexity index is 135. The summed E-state index contributed by atoms with van der Waals surface area (Å²) in [4.78, 5) is 2.44. The molecule has 14 heavy (non-hydrogen) atoms. The molecular formula is C11H24N2O. The van der Waals surface area contributed by atoms with Gasteiger partial charge in [-0.05, 0) is 18.8 Å². The highest BCUT2D eigenvalue weighted by Gasteiger charge is 2.17. The summed E-state index contributed by atoms with van der Waals surface area (Å²) in [6, 6.07) is 0. The van der Waals surface area contributed by atoms with E-state index in [4.69, 9.17) is 10.5 Å². The largest absolute Gasteiger partial charge is 0.383 e. The van der Waals surface area contributed by atoms with Gasteiger partial charge in [-0.3, -0.25) is 4.90 Å². The minimum atomic E-state index is 0.760. The van der Waals surface area contributed by atoms with Crippen LogP contribution < -0.4 is 5.73 Å². The fourth-order valence-corrected chi connectivity index (χ4v) is 2.26. The second-order valence-corrected chi connectivity index (χ2v) is 4.23. The molecular weight excluding hydrogens is 176 g/mol. The van der Waals surface area contributed by atoms with Gasteiger partial charge in [0.25, 0.3) is 0 Å². The zero-order valence-electron chi connectivity index (χ0n) is 9.37. The van der Waals surface area contributed by atoms with Crippen molar-refractivity contribution in [2.75, 3.05) is 39.9 Å². The lowest BCUT2D eigenvalue weighted by Gasteiger charge is -2.24. The van der Waals surface area contributed by atoms with Crippen LogP contribution in [0.1, 0.15) is 25.7 Å². The lowest BCUT2D eigenvalue weighted by Crippen LogP contribution is -2.35. The van der Waals surface area contributed by atoms with Gasteiger partial charge in [0.2, 0.25) is 0 Å². The van der Waals surface area contributed by atoms with Gasteiger partial charge >= 0.3 is 0 Å². The van der Waals surface area contributed by atoms with Crippen LogP contribution in [-0.2, 0) is 4.74 Å². The minimum absolute atomic E-state index is 0.760. The van der Waals surface area contributed by atoms with Crippen LogP contribution in [0.25, 0.3) is 0 Å². The molecule has 3 heteroatoms. The molecule has 3 nitrogen and oxygen atoms in total. The molecule has 0 aromatic carbocycles. The maximum absolute atomic E-state index is 5.59. The van der Waals surface area contributed by atoms with Crippen LogP contribution in [-0.4, -0.2) is 44.8 Å². The van der Waals surface area contributed by atoms with E-state index in [-0.39, 0.29) is 0 Å². The van der Waals surface area contributed by atoms with E-state index in [1.807, 2.05) is 0 Å². The molecule has 0 heterocycles. The normalized spacial score (nSPS) is 18.2. The number of rotatable bonds is 7. The first-order valence-electron chi connectivity index (χ1n) is 5.78. The Labute approximate surface area is 87.6 Å². The van der Waals surface area contributed by atoms with Crippen molar-refractivity contribution in [3.8, 4) is 0 Å². The van der Waals surface area contributed by atoms with Gasteiger partial charge in [-0.2, -0.15) is 0 Å². The fraction of sp³-hybridized carbons (Fsp3) is 1.00. The number of nitrogens with two attached hydrogens (primary N) is 1. The number of nitrogens with zero attached hydrogens (tertiary/aromatic N) is 1. The van der Waals surface area contributed by atoms with Crippen molar-refractivity contribution in [3.05, 3.63) is 0 Å².